The predicted molar refractivity (Wildman–Crippen MR) is 91.4 cm³/mol. The van der Waals surface area contributed by atoms with E-state index in [0.29, 0.717) is 19.4 Å². The molecule has 1 aromatic carbocycles. The predicted octanol–water partition coefficient (Wildman–Crippen LogP) is 5.46. The van der Waals surface area contributed by atoms with Crippen LogP contribution in [-0.4, -0.2) is 18.5 Å². The number of benzene rings is 1. The van der Waals surface area contributed by atoms with E-state index in [1.807, 2.05) is 6.92 Å². The Morgan fingerprint density at radius 3 is 2.22 bits per heavy atom. The van der Waals surface area contributed by atoms with Crippen LogP contribution in [0, 0.1) is 0 Å². The van der Waals surface area contributed by atoms with Crippen molar-refractivity contribution in [2.24, 2.45) is 0 Å². The fraction of sp³-hybridized carbons (Fsp3) is 0.500. The monoisotopic (exact) mass is 380 g/mol. The van der Waals surface area contributed by atoms with Crippen LogP contribution < -0.4 is 4.74 Å². The Morgan fingerprint density at radius 2 is 1.57 bits per heavy atom. The van der Waals surface area contributed by atoms with E-state index in [0.717, 1.165) is 12.8 Å². The molecule has 23 heavy (non-hydrogen) atoms. The molecule has 0 saturated heterocycles. The Bertz CT molecular complexity index is 546. The van der Waals surface area contributed by atoms with E-state index in [9.17, 15) is 9.59 Å². The molecule has 4 nitrogen and oxygen atoms in total. The van der Waals surface area contributed by atoms with E-state index in [-0.39, 0.29) is 39.6 Å². The summed E-state index contributed by atoms with van der Waals surface area (Å²) in [6.07, 6.45) is 3.35. The van der Waals surface area contributed by atoms with Gasteiger partial charge in [0, 0.05) is 12.8 Å². The summed E-state index contributed by atoms with van der Waals surface area (Å²) in [7, 11) is 0. The molecule has 0 unspecified atom stereocenters. The van der Waals surface area contributed by atoms with Gasteiger partial charge in [0.05, 0.1) is 16.7 Å². The fourth-order valence-electron chi connectivity index (χ4n) is 1.71. The molecular formula is C16H19Cl3O4. The second kappa shape index (κ2) is 10.7. The Morgan fingerprint density at radius 1 is 0.957 bits per heavy atom. The van der Waals surface area contributed by atoms with Gasteiger partial charge >= 0.3 is 11.9 Å². The molecule has 0 aromatic heterocycles. The zero-order valence-electron chi connectivity index (χ0n) is 12.9. The molecule has 0 heterocycles. The van der Waals surface area contributed by atoms with E-state index in [4.69, 9.17) is 44.3 Å². The van der Waals surface area contributed by atoms with Crippen LogP contribution in [-0.2, 0) is 14.3 Å². The first kappa shape index (κ1) is 20.1. The van der Waals surface area contributed by atoms with Gasteiger partial charge in [-0.2, -0.15) is 0 Å². The summed E-state index contributed by atoms with van der Waals surface area (Å²) in [6.45, 7) is 2.47. The first-order chi connectivity index (χ1) is 11.0. The van der Waals surface area contributed by atoms with Crippen molar-refractivity contribution in [2.45, 2.75) is 45.4 Å². The summed E-state index contributed by atoms with van der Waals surface area (Å²) < 4.78 is 10.2. The Balaban J connectivity index is 2.30. The lowest BCUT2D eigenvalue weighted by atomic mass is 10.2. The van der Waals surface area contributed by atoms with Crippen molar-refractivity contribution in [1.29, 1.82) is 0 Å². The van der Waals surface area contributed by atoms with Gasteiger partial charge in [-0.3, -0.25) is 9.59 Å². The maximum atomic E-state index is 11.8. The standard InChI is InChI=1S/C16H19Cl3O4/c1-2-3-10-22-13(20)6-4-5-7-14(21)23-16-12(18)9-8-11(17)15(16)19/h8-9H,2-7,10H2,1H3. The van der Waals surface area contributed by atoms with Gasteiger partial charge in [0.25, 0.3) is 0 Å². The average molecular weight is 382 g/mol. The number of ether oxygens (including phenoxy) is 2. The minimum absolute atomic E-state index is 0.0600. The number of esters is 2. The maximum Gasteiger partial charge on any atom is 0.311 e. The van der Waals surface area contributed by atoms with E-state index in [2.05, 4.69) is 0 Å². The van der Waals surface area contributed by atoms with Crippen LogP contribution in [0.5, 0.6) is 5.75 Å². The van der Waals surface area contributed by atoms with Crippen molar-refractivity contribution in [1.82, 2.24) is 0 Å². The van der Waals surface area contributed by atoms with Crippen molar-refractivity contribution in [2.75, 3.05) is 6.61 Å². The maximum absolute atomic E-state index is 11.8. The molecule has 0 N–H and O–H groups in total. The quantitative estimate of drug-likeness (QED) is 0.247. The van der Waals surface area contributed by atoms with Crippen molar-refractivity contribution >= 4 is 46.7 Å². The largest absolute Gasteiger partial charge is 0.466 e. The van der Waals surface area contributed by atoms with Gasteiger partial charge in [0.15, 0.2) is 5.75 Å². The Hall–Kier alpha value is -0.970. The van der Waals surface area contributed by atoms with Crippen molar-refractivity contribution < 1.29 is 19.1 Å². The highest BCUT2D eigenvalue weighted by Gasteiger charge is 2.15. The zero-order chi connectivity index (χ0) is 17.2. The van der Waals surface area contributed by atoms with Crippen LogP contribution in [0.3, 0.4) is 0 Å². The van der Waals surface area contributed by atoms with Gasteiger partial charge in [0.1, 0.15) is 5.02 Å². The van der Waals surface area contributed by atoms with Crippen LogP contribution in [0.4, 0.5) is 0 Å². The molecule has 0 spiro atoms. The number of carbonyl (C=O) groups excluding carboxylic acids is 2. The summed E-state index contributed by atoms with van der Waals surface area (Å²) in [6, 6.07) is 3.03. The third kappa shape index (κ3) is 7.42. The SMILES string of the molecule is CCCCOC(=O)CCCCC(=O)Oc1c(Cl)ccc(Cl)c1Cl. The van der Waals surface area contributed by atoms with Gasteiger partial charge in [-0.25, -0.2) is 0 Å². The molecule has 0 atom stereocenters. The molecule has 0 bridgehead atoms. The van der Waals surface area contributed by atoms with Crippen LogP contribution in [0.2, 0.25) is 15.1 Å². The smallest absolute Gasteiger partial charge is 0.311 e. The molecular weight excluding hydrogens is 363 g/mol. The third-order valence-electron chi connectivity index (χ3n) is 2.99. The Kier molecular flexibility index (Phi) is 9.37. The van der Waals surface area contributed by atoms with Gasteiger partial charge in [-0.1, -0.05) is 48.1 Å². The molecule has 0 saturated carbocycles. The summed E-state index contributed by atoms with van der Waals surface area (Å²) in [4.78, 5) is 23.2. The fourth-order valence-corrected chi connectivity index (χ4v) is 2.30. The van der Waals surface area contributed by atoms with E-state index in [1.165, 1.54) is 12.1 Å². The van der Waals surface area contributed by atoms with Crippen molar-refractivity contribution in [3.05, 3.63) is 27.2 Å². The number of hydrogen-bond acceptors (Lipinski definition) is 4. The van der Waals surface area contributed by atoms with Crippen LogP contribution in [0.1, 0.15) is 45.4 Å². The lowest BCUT2D eigenvalue weighted by Crippen LogP contribution is -2.09. The van der Waals surface area contributed by atoms with E-state index in [1.54, 1.807) is 0 Å². The number of halogens is 3. The zero-order valence-corrected chi connectivity index (χ0v) is 15.1. The summed E-state index contributed by atoms with van der Waals surface area (Å²) >= 11 is 17.7. The lowest BCUT2D eigenvalue weighted by molar-refractivity contribution is -0.144. The van der Waals surface area contributed by atoms with Gasteiger partial charge in [-0.15, -0.1) is 0 Å². The normalized spacial score (nSPS) is 10.4. The van der Waals surface area contributed by atoms with E-state index >= 15 is 0 Å². The average Bonchev–Trinajstić information content (AvgIpc) is 2.52. The van der Waals surface area contributed by atoms with Crippen molar-refractivity contribution in [3.63, 3.8) is 0 Å². The highest BCUT2D eigenvalue weighted by Crippen LogP contribution is 2.38. The summed E-state index contributed by atoms with van der Waals surface area (Å²) in [5.74, 6) is -0.659. The number of carbonyl (C=O) groups is 2. The number of unbranched alkanes of at least 4 members (excludes halogenated alkanes) is 2. The van der Waals surface area contributed by atoms with Gasteiger partial charge < -0.3 is 9.47 Å². The summed E-state index contributed by atoms with van der Waals surface area (Å²) in [5, 5.41) is 0.577. The van der Waals surface area contributed by atoms with E-state index < -0.39 is 5.97 Å². The molecule has 0 amide bonds. The highest BCUT2D eigenvalue weighted by molar-refractivity contribution is 6.44. The van der Waals surface area contributed by atoms with Crippen LogP contribution in [0.25, 0.3) is 0 Å². The molecule has 0 fully saturated rings. The highest BCUT2D eigenvalue weighted by atomic mass is 35.5. The first-order valence-electron chi connectivity index (χ1n) is 7.45. The Labute approximate surface area is 151 Å². The molecule has 0 aliphatic carbocycles. The first-order valence-corrected chi connectivity index (χ1v) is 8.59. The van der Waals surface area contributed by atoms with Crippen molar-refractivity contribution in [3.8, 4) is 5.75 Å². The molecule has 0 aliphatic heterocycles. The lowest BCUT2D eigenvalue weighted by Gasteiger charge is -2.09. The van der Waals surface area contributed by atoms with Gasteiger partial charge in [-0.05, 0) is 31.4 Å². The molecule has 1 rings (SSSR count). The minimum Gasteiger partial charge on any atom is -0.466 e. The topological polar surface area (TPSA) is 52.6 Å². The number of rotatable bonds is 9. The van der Waals surface area contributed by atoms with Crippen LogP contribution in [0.15, 0.2) is 12.1 Å². The number of hydrogen-bond donors (Lipinski definition) is 0. The molecule has 7 heteroatoms. The van der Waals surface area contributed by atoms with Crippen LogP contribution >= 0.6 is 34.8 Å². The molecule has 1 aromatic rings. The summed E-state index contributed by atoms with van der Waals surface area (Å²) in [5.41, 5.74) is 0. The molecule has 0 radical (unpaired) electrons. The molecule has 0 aliphatic rings. The minimum atomic E-state index is -0.476. The second-order valence-corrected chi connectivity index (χ2v) is 6.12. The molecule has 128 valence electrons. The second-order valence-electron chi connectivity index (χ2n) is 4.93. The third-order valence-corrected chi connectivity index (χ3v) is 4.08. The van der Waals surface area contributed by atoms with Gasteiger partial charge in [0.2, 0.25) is 0 Å².